The van der Waals surface area contributed by atoms with Crippen molar-refractivity contribution in [1.82, 2.24) is 0 Å². The zero-order chi connectivity index (χ0) is 30.5. The molecule has 39 heavy (non-hydrogen) atoms. The fourth-order valence-electron chi connectivity index (χ4n) is 2.94. The number of halogens is 18. The van der Waals surface area contributed by atoms with Crippen molar-refractivity contribution in [2.75, 3.05) is 0 Å². The molecule has 0 aliphatic heterocycles. The van der Waals surface area contributed by atoms with Crippen molar-refractivity contribution in [3.8, 4) is 0 Å². The maximum absolute atomic E-state index is 14.5. The van der Waals surface area contributed by atoms with Crippen molar-refractivity contribution >= 4 is 40.5 Å². The molecule has 213 valence electrons. The molecular weight excluding hydrogens is 799 g/mol. The molecule has 0 saturated carbocycles. The molecule has 0 atom stereocenters. The molecule has 21 heteroatoms. The Labute approximate surface area is 226 Å². The third-order valence-corrected chi connectivity index (χ3v) is 7.57. The Morgan fingerprint density at radius 3 is 0.564 bits per heavy atom. The van der Waals surface area contributed by atoms with E-state index in [4.69, 9.17) is 17.4 Å². The molecule has 0 N–H and O–H groups in total. The van der Waals surface area contributed by atoms with Crippen LogP contribution in [0.15, 0.2) is 0 Å². The first-order valence-corrected chi connectivity index (χ1v) is 22.5. The van der Waals surface area contributed by atoms with Gasteiger partial charge in [-0.3, -0.25) is 0 Å². The van der Waals surface area contributed by atoms with Crippen LogP contribution in [-0.4, -0.2) is 0 Å². The molecule has 0 unspecified atom stereocenters. The van der Waals surface area contributed by atoms with Crippen LogP contribution >= 0.6 is 24.5 Å². The van der Waals surface area contributed by atoms with Gasteiger partial charge in [0.1, 0.15) is 0 Å². The molecule has 0 radical (unpaired) electrons. The van der Waals surface area contributed by atoms with E-state index in [-0.39, 0.29) is 0 Å². The Morgan fingerprint density at radius 1 is 0.333 bits per heavy atom. The molecule has 0 aliphatic carbocycles. The summed E-state index contributed by atoms with van der Waals surface area (Å²) in [5.74, 6) is -33.3. The van der Waals surface area contributed by atoms with Crippen LogP contribution in [0.5, 0.6) is 0 Å². The maximum atomic E-state index is 14.5. The molecule has 0 fully saturated rings. The van der Waals surface area contributed by atoms with E-state index in [1.54, 1.807) is 0 Å². The minimum atomic E-state index is -7.41. The van der Waals surface area contributed by atoms with E-state index in [2.05, 4.69) is 0 Å². The molecule has 0 heterocycles. The van der Waals surface area contributed by atoms with Gasteiger partial charge in [-0.15, -0.1) is 0 Å². The van der Waals surface area contributed by atoms with Crippen molar-refractivity contribution in [2.24, 2.45) is 0 Å². The van der Waals surface area contributed by atoms with Gasteiger partial charge >= 0.3 is 47.3 Å². The molecule has 0 saturated heterocycles. The van der Waals surface area contributed by atoms with Crippen molar-refractivity contribution < 1.29 is 100 Å². The van der Waals surface area contributed by atoms with E-state index in [1.165, 1.54) is 0 Å². The Hall–Kier alpha value is -0.939. The van der Waals surface area contributed by atoms with Gasteiger partial charge in [0.05, 0.1) is 15.9 Å². The second-order valence-corrected chi connectivity index (χ2v) is 23.2. The van der Waals surface area contributed by atoms with Gasteiger partial charge in [-0.2, -0.15) is 0 Å². The van der Waals surface area contributed by atoms with E-state index in [1.807, 2.05) is 0 Å². The summed E-state index contributed by atoms with van der Waals surface area (Å²) in [5.41, 5.74) is 0. The summed E-state index contributed by atoms with van der Waals surface area (Å²) in [6, 6.07) is 0. The summed E-state index contributed by atoms with van der Waals surface area (Å²) in [6.45, 7) is 0. The molecule has 0 amide bonds. The number of benzene rings is 3. The normalized spacial score (nSPS) is 11.4. The Balaban J connectivity index is 0.00000124. The summed E-state index contributed by atoms with van der Waals surface area (Å²) in [5, 5.41) is -9.42. The van der Waals surface area contributed by atoms with E-state index >= 15 is 0 Å². The van der Waals surface area contributed by atoms with Crippen molar-refractivity contribution in [2.45, 2.75) is 0 Å². The van der Waals surface area contributed by atoms with Gasteiger partial charge in [0.15, 0.2) is 76.9 Å². The molecule has 3 aromatic carbocycles. The molecule has 3 rings (SSSR count). The van der Waals surface area contributed by atoms with Gasteiger partial charge in [-0.25, -0.2) is 65.9 Å². The van der Waals surface area contributed by atoms with Gasteiger partial charge in [-0.1, -0.05) is 0 Å². The second-order valence-electron chi connectivity index (χ2n) is 6.58. The van der Waals surface area contributed by atoms with E-state index in [0.29, 0.717) is 0 Å². The third kappa shape index (κ3) is 5.74. The molecular formula is C18Cl3F15NdOP. The summed E-state index contributed by atoms with van der Waals surface area (Å²) in [6.07, 6.45) is 0. The summed E-state index contributed by atoms with van der Waals surface area (Å²) < 4.78 is 223. The van der Waals surface area contributed by atoms with E-state index in [0.717, 1.165) is 0 Å². The first-order chi connectivity index (χ1) is 17.8. The van der Waals surface area contributed by atoms with E-state index in [9.17, 15) is 70.4 Å². The Bertz CT molecular complexity index is 1290. The molecule has 1 nitrogen and oxygen atoms in total. The van der Waals surface area contributed by atoms with Gasteiger partial charge in [0.25, 0.3) is 0 Å². The van der Waals surface area contributed by atoms with Gasteiger partial charge in [0, 0.05) is 0 Å². The quantitative estimate of drug-likeness (QED) is 0.116. The zero-order valence-electron chi connectivity index (χ0n) is 17.2. The van der Waals surface area contributed by atoms with Crippen molar-refractivity contribution in [3.05, 3.63) is 87.3 Å². The SMILES string of the molecule is O=P(c1c(F)c(F)c(F)c(F)c1F)(c1c(F)c(F)c(F)c(F)c1F)c1c(F)c(F)c(F)c(F)c1F.[Cl][Nd]([Cl])[Cl]. The number of hydrogen-bond donors (Lipinski definition) is 0. The average Bonchev–Trinajstić information content (AvgIpc) is 2.86. The van der Waals surface area contributed by atoms with Crippen LogP contribution < -0.4 is 15.9 Å². The molecule has 0 spiro atoms. The van der Waals surface area contributed by atoms with Gasteiger partial charge in [0.2, 0.25) is 17.5 Å². The van der Waals surface area contributed by atoms with E-state index < -0.39 is 140 Å². The van der Waals surface area contributed by atoms with Crippen molar-refractivity contribution in [1.29, 1.82) is 0 Å². The second kappa shape index (κ2) is 12.5. The van der Waals surface area contributed by atoms with Crippen LogP contribution in [0.1, 0.15) is 0 Å². The molecule has 0 aliphatic rings. The van der Waals surface area contributed by atoms with Gasteiger partial charge < -0.3 is 4.57 Å². The topological polar surface area (TPSA) is 17.1 Å². The Morgan fingerprint density at radius 2 is 0.436 bits per heavy atom. The first-order valence-electron chi connectivity index (χ1n) is 8.76. The molecule has 3 aromatic rings. The fraction of sp³-hybridized carbons (Fsp3) is 0. The van der Waals surface area contributed by atoms with Crippen LogP contribution in [0.2, 0.25) is 0 Å². The molecule has 0 aromatic heterocycles. The summed E-state index contributed by atoms with van der Waals surface area (Å²) >= 11 is -2.24. The monoisotopic (exact) mass is 795 g/mol. The van der Waals surface area contributed by atoms with Crippen LogP contribution in [0.3, 0.4) is 0 Å². The standard InChI is InChI=1S/C18F15OP.3ClH.Nd/c19-1-4(22)10(28)16(11(29)5(1)23)35(34,17-12(30)6(24)2(20)7(25)13(17)31)18-14(32)8(26)3(21)9(27)15(18)33;;;;/h;3*1H;/q;;;;+3/p-3. The predicted molar refractivity (Wildman–Crippen MR) is 103 cm³/mol. The summed E-state index contributed by atoms with van der Waals surface area (Å²) in [7, 11) is -7.41. The predicted octanol–water partition coefficient (Wildman–Crippen LogP) is 7.48. The fourth-order valence-corrected chi connectivity index (χ4v) is 5.86. The van der Waals surface area contributed by atoms with Crippen LogP contribution in [0.4, 0.5) is 65.9 Å². The van der Waals surface area contributed by atoms with Crippen LogP contribution in [0, 0.1) is 117 Å². The van der Waals surface area contributed by atoms with Crippen molar-refractivity contribution in [3.63, 3.8) is 0 Å². The summed E-state index contributed by atoms with van der Waals surface area (Å²) in [4.78, 5) is 0. The average molecular weight is 799 g/mol. The first kappa shape index (κ1) is 34.3. The number of rotatable bonds is 3. The third-order valence-electron chi connectivity index (χ3n) is 4.50. The number of hydrogen-bond acceptors (Lipinski definition) is 1. The molecule has 0 bridgehead atoms. The Kier molecular flexibility index (Phi) is 11.0. The van der Waals surface area contributed by atoms with Crippen LogP contribution in [0.25, 0.3) is 0 Å². The zero-order valence-corrected chi connectivity index (χ0v) is 23.5. The minimum absolute atomic E-state index is 2.24. The van der Waals surface area contributed by atoms with Gasteiger partial charge in [-0.05, 0) is 0 Å². The van der Waals surface area contributed by atoms with Crippen LogP contribution in [-0.2, 0) is 4.57 Å².